The van der Waals surface area contributed by atoms with Gasteiger partial charge in [0.15, 0.2) is 5.78 Å². The Labute approximate surface area is 113 Å². The van der Waals surface area contributed by atoms with E-state index in [0.717, 1.165) is 17.3 Å². The van der Waals surface area contributed by atoms with Crippen molar-refractivity contribution in [1.29, 1.82) is 0 Å². The fourth-order valence-electron chi connectivity index (χ4n) is 1.96. The number of piperidine rings is 1. The quantitative estimate of drug-likeness (QED) is 0.808. The van der Waals surface area contributed by atoms with Crippen molar-refractivity contribution in [3.8, 4) is 0 Å². The number of hydrogen-bond acceptors (Lipinski definition) is 5. The summed E-state index contributed by atoms with van der Waals surface area (Å²) >= 11 is 0. The molecule has 6 nitrogen and oxygen atoms in total. The van der Waals surface area contributed by atoms with E-state index >= 15 is 0 Å². The van der Waals surface area contributed by atoms with Crippen LogP contribution in [-0.2, 0) is 14.8 Å². The number of sulfonamides is 1. The topological polar surface area (TPSA) is 70.6 Å². The van der Waals surface area contributed by atoms with Crippen molar-refractivity contribution in [2.24, 2.45) is 0 Å². The molecule has 1 fully saturated rings. The van der Waals surface area contributed by atoms with Crippen LogP contribution in [0.4, 0.5) is 5.82 Å². The van der Waals surface area contributed by atoms with Crippen molar-refractivity contribution in [3.63, 3.8) is 0 Å². The fraction of sp³-hybridized carbons (Fsp3) is 0.500. The van der Waals surface area contributed by atoms with Crippen LogP contribution in [-0.4, -0.2) is 50.7 Å². The van der Waals surface area contributed by atoms with E-state index in [4.69, 9.17) is 0 Å². The molecule has 0 aliphatic carbocycles. The Kier molecular flexibility index (Phi) is 3.86. The standard InChI is InChI=1S/C12H17N3O3S/c1-14(2)19(17,18)11-5-6-12(13-8-11)15-7-3-4-10(16)9-15/h5-6,8H,3-4,7,9H2,1-2H3. The number of anilines is 1. The van der Waals surface area contributed by atoms with Crippen LogP contribution in [0.1, 0.15) is 12.8 Å². The second-order valence-electron chi connectivity index (χ2n) is 4.70. The molecule has 0 N–H and O–H groups in total. The van der Waals surface area contributed by atoms with Gasteiger partial charge in [0.1, 0.15) is 10.7 Å². The van der Waals surface area contributed by atoms with Crippen LogP contribution in [0.3, 0.4) is 0 Å². The van der Waals surface area contributed by atoms with Crippen molar-refractivity contribution in [3.05, 3.63) is 18.3 Å². The highest BCUT2D eigenvalue weighted by molar-refractivity contribution is 7.89. The summed E-state index contributed by atoms with van der Waals surface area (Å²) in [5, 5.41) is 0. The molecule has 19 heavy (non-hydrogen) atoms. The Morgan fingerprint density at radius 1 is 1.32 bits per heavy atom. The number of nitrogens with zero attached hydrogens (tertiary/aromatic N) is 3. The van der Waals surface area contributed by atoms with Gasteiger partial charge in [0, 0.05) is 33.3 Å². The van der Waals surface area contributed by atoms with Crippen LogP contribution in [0, 0.1) is 0 Å². The Bertz CT molecular complexity index is 566. The maximum absolute atomic E-state index is 11.9. The molecule has 1 aromatic heterocycles. The lowest BCUT2D eigenvalue weighted by atomic mass is 10.1. The van der Waals surface area contributed by atoms with Crippen LogP contribution in [0.15, 0.2) is 23.2 Å². The van der Waals surface area contributed by atoms with Crippen LogP contribution in [0.5, 0.6) is 0 Å². The van der Waals surface area contributed by atoms with Gasteiger partial charge < -0.3 is 4.90 Å². The zero-order valence-corrected chi connectivity index (χ0v) is 11.9. The zero-order valence-electron chi connectivity index (χ0n) is 11.0. The largest absolute Gasteiger partial charge is 0.349 e. The van der Waals surface area contributed by atoms with Gasteiger partial charge in [0.25, 0.3) is 0 Å². The van der Waals surface area contributed by atoms with E-state index in [-0.39, 0.29) is 10.7 Å². The van der Waals surface area contributed by atoms with Crippen molar-refractivity contribution < 1.29 is 13.2 Å². The molecule has 7 heteroatoms. The molecule has 1 saturated heterocycles. The molecule has 2 heterocycles. The lowest BCUT2D eigenvalue weighted by molar-refractivity contribution is -0.118. The summed E-state index contributed by atoms with van der Waals surface area (Å²) in [6.45, 7) is 1.13. The maximum Gasteiger partial charge on any atom is 0.244 e. The minimum atomic E-state index is -3.45. The van der Waals surface area contributed by atoms with Gasteiger partial charge in [-0.3, -0.25) is 4.79 Å². The van der Waals surface area contributed by atoms with Crippen molar-refractivity contribution in [2.75, 3.05) is 32.1 Å². The molecule has 0 aromatic carbocycles. The predicted molar refractivity (Wildman–Crippen MR) is 71.6 cm³/mol. The molecule has 0 saturated carbocycles. The van der Waals surface area contributed by atoms with Gasteiger partial charge in [-0.25, -0.2) is 17.7 Å². The zero-order chi connectivity index (χ0) is 14.0. The van der Waals surface area contributed by atoms with Crippen molar-refractivity contribution in [1.82, 2.24) is 9.29 Å². The minimum absolute atomic E-state index is 0.157. The Morgan fingerprint density at radius 3 is 2.58 bits per heavy atom. The summed E-state index contributed by atoms with van der Waals surface area (Å²) in [6, 6.07) is 3.17. The average Bonchev–Trinajstić information content (AvgIpc) is 2.38. The highest BCUT2D eigenvalue weighted by Crippen LogP contribution is 2.19. The summed E-state index contributed by atoms with van der Waals surface area (Å²) < 4.78 is 24.9. The van der Waals surface area contributed by atoms with E-state index in [2.05, 4.69) is 4.98 Å². The predicted octanol–water partition coefficient (Wildman–Crippen LogP) is 0.501. The van der Waals surface area contributed by atoms with E-state index < -0.39 is 10.0 Å². The number of carbonyl (C=O) groups is 1. The first kappa shape index (κ1) is 14.0. The summed E-state index contributed by atoms with van der Waals surface area (Å²) in [7, 11) is -0.492. The van der Waals surface area contributed by atoms with Crippen LogP contribution in [0.2, 0.25) is 0 Å². The van der Waals surface area contributed by atoms with E-state index in [9.17, 15) is 13.2 Å². The molecule has 1 aliphatic heterocycles. The van der Waals surface area contributed by atoms with E-state index in [0.29, 0.717) is 18.8 Å². The highest BCUT2D eigenvalue weighted by Gasteiger charge is 2.20. The molecule has 1 aliphatic rings. The molecule has 104 valence electrons. The third-order valence-electron chi connectivity index (χ3n) is 3.07. The molecule has 2 rings (SSSR count). The molecule has 0 spiro atoms. The van der Waals surface area contributed by atoms with E-state index in [1.807, 2.05) is 4.90 Å². The Hall–Kier alpha value is -1.47. The molecule has 0 bridgehead atoms. The van der Waals surface area contributed by atoms with Crippen LogP contribution >= 0.6 is 0 Å². The molecule has 0 amide bonds. The molecular formula is C12H17N3O3S. The average molecular weight is 283 g/mol. The molecular weight excluding hydrogens is 266 g/mol. The third-order valence-corrected chi connectivity index (χ3v) is 4.87. The third kappa shape index (κ3) is 2.93. The lowest BCUT2D eigenvalue weighted by Crippen LogP contribution is -2.36. The smallest absolute Gasteiger partial charge is 0.244 e. The molecule has 0 atom stereocenters. The van der Waals surface area contributed by atoms with E-state index in [1.165, 1.54) is 26.4 Å². The van der Waals surface area contributed by atoms with Gasteiger partial charge in [0.05, 0.1) is 6.54 Å². The molecule has 0 unspecified atom stereocenters. The SMILES string of the molecule is CN(C)S(=O)(=O)c1ccc(N2CCCC(=O)C2)nc1. The highest BCUT2D eigenvalue weighted by atomic mass is 32.2. The van der Waals surface area contributed by atoms with Gasteiger partial charge in [0.2, 0.25) is 10.0 Å². The number of rotatable bonds is 3. The van der Waals surface area contributed by atoms with Gasteiger partial charge in [-0.2, -0.15) is 0 Å². The van der Waals surface area contributed by atoms with Crippen LogP contribution in [0.25, 0.3) is 0 Å². The molecule has 0 radical (unpaired) electrons. The summed E-state index contributed by atoms with van der Waals surface area (Å²) in [4.78, 5) is 17.6. The Balaban J connectivity index is 2.21. The fourth-order valence-corrected chi connectivity index (χ4v) is 2.80. The summed E-state index contributed by atoms with van der Waals surface area (Å²) in [5.74, 6) is 0.837. The number of hydrogen-bond donors (Lipinski definition) is 0. The lowest BCUT2D eigenvalue weighted by Gasteiger charge is -2.26. The van der Waals surface area contributed by atoms with Crippen molar-refractivity contribution in [2.45, 2.75) is 17.7 Å². The van der Waals surface area contributed by atoms with E-state index in [1.54, 1.807) is 6.07 Å². The first-order chi connectivity index (χ1) is 8.91. The second-order valence-corrected chi connectivity index (χ2v) is 6.86. The minimum Gasteiger partial charge on any atom is -0.349 e. The monoisotopic (exact) mass is 283 g/mol. The van der Waals surface area contributed by atoms with Gasteiger partial charge in [-0.1, -0.05) is 0 Å². The van der Waals surface area contributed by atoms with Gasteiger partial charge in [-0.15, -0.1) is 0 Å². The number of ketones is 1. The van der Waals surface area contributed by atoms with Gasteiger partial charge >= 0.3 is 0 Å². The van der Waals surface area contributed by atoms with Crippen LogP contribution < -0.4 is 4.90 Å². The summed E-state index contributed by atoms with van der Waals surface area (Å²) in [5.41, 5.74) is 0. The Morgan fingerprint density at radius 2 is 2.05 bits per heavy atom. The van der Waals surface area contributed by atoms with Gasteiger partial charge in [-0.05, 0) is 18.6 Å². The second kappa shape index (κ2) is 5.26. The normalized spacial score (nSPS) is 17.0. The number of pyridine rings is 1. The molecule has 1 aromatic rings. The van der Waals surface area contributed by atoms with Crippen molar-refractivity contribution >= 4 is 21.6 Å². The maximum atomic E-state index is 11.9. The number of carbonyl (C=O) groups excluding carboxylic acids is 1. The number of Topliss-reactive ketones (excluding diaryl/α,β-unsaturated/α-hetero) is 1. The first-order valence-electron chi connectivity index (χ1n) is 6.06. The number of aromatic nitrogens is 1. The first-order valence-corrected chi connectivity index (χ1v) is 7.50. The summed E-state index contributed by atoms with van der Waals surface area (Å²) in [6.07, 6.45) is 2.77.